The molecular weight excluding hydrogens is 200 g/mol. The van der Waals surface area contributed by atoms with E-state index in [0.717, 1.165) is 5.82 Å². The molecule has 1 heterocycles. The summed E-state index contributed by atoms with van der Waals surface area (Å²) < 4.78 is 1.88. The van der Waals surface area contributed by atoms with Crippen molar-refractivity contribution in [3.05, 3.63) is 18.5 Å². The van der Waals surface area contributed by atoms with E-state index in [9.17, 15) is 4.79 Å². The van der Waals surface area contributed by atoms with Crippen LogP contribution >= 0.6 is 11.8 Å². The van der Waals surface area contributed by atoms with Gasteiger partial charge in [-0.25, -0.2) is 0 Å². The lowest BCUT2D eigenvalue weighted by Crippen LogP contribution is -2.13. The number of rotatable bonds is 5. The Morgan fingerprint density at radius 3 is 3.00 bits per heavy atom. The second-order valence-electron chi connectivity index (χ2n) is 2.68. The highest BCUT2D eigenvalue weighted by molar-refractivity contribution is 7.99. The fourth-order valence-electron chi connectivity index (χ4n) is 0.943. The monoisotopic (exact) mass is 212 g/mol. The summed E-state index contributed by atoms with van der Waals surface area (Å²) in [6, 6.07) is 0. The number of hydrogen-bond acceptors (Lipinski definition) is 4. The summed E-state index contributed by atoms with van der Waals surface area (Å²) in [7, 11) is 0. The lowest BCUT2D eigenvalue weighted by Gasteiger charge is -2.03. The van der Waals surface area contributed by atoms with Gasteiger partial charge in [0.15, 0.2) is 5.16 Å². The SMILES string of the molecule is C=CCn1c(C)nnc1SCC(N)=O. The van der Waals surface area contributed by atoms with Crippen LogP contribution in [0.4, 0.5) is 0 Å². The normalized spacial score (nSPS) is 10.1. The minimum absolute atomic E-state index is 0.218. The highest BCUT2D eigenvalue weighted by Gasteiger charge is 2.08. The maximum absolute atomic E-state index is 10.6. The van der Waals surface area contributed by atoms with Crippen LogP contribution in [-0.2, 0) is 11.3 Å². The standard InChI is InChI=1S/C8H12N4OS/c1-3-4-12-6(2)10-11-8(12)14-5-7(9)13/h3H,1,4-5H2,2H3,(H2,9,13). The summed E-state index contributed by atoms with van der Waals surface area (Å²) in [5.74, 6) is 0.660. The Hall–Kier alpha value is -1.30. The first-order valence-corrected chi connectivity index (χ1v) is 5.05. The molecule has 2 N–H and O–H groups in total. The molecule has 1 amide bonds. The smallest absolute Gasteiger partial charge is 0.227 e. The molecular formula is C8H12N4OS. The number of carbonyl (C=O) groups excluding carboxylic acids is 1. The number of hydrogen-bond donors (Lipinski definition) is 1. The molecule has 5 nitrogen and oxygen atoms in total. The van der Waals surface area contributed by atoms with Crippen molar-refractivity contribution in [2.45, 2.75) is 18.6 Å². The van der Waals surface area contributed by atoms with E-state index in [2.05, 4.69) is 16.8 Å². The Morgan fingerprint density at radius 1 is 1.71 bits per heavy atom. The van der Waals surface area contributed by atoms with Gasteiger partial charge >= 0.3 is 0 Å². The van der Waals surface area contributed by atoms with Crippen LogP contribution in [0.15, 0.2) is 17.8 Å². The van der Waals surface area contributed by atoms with Crippen LogP contribution in [0, 0.1) is 6.92 Å². The fourth-order valence-corrected chi connectivity index (χ4v) is 1.68. The molecule has 0 atom stereocenters. The maximum atomic E-state index is 10.6. The van der Waals surface area contributed by atoms with Crippen molar-refractivity contribution < 1.29 is 4.79 Å². The van der Waals surface area contributed by atoms with E-state index in [0.29, 0.717) is 11.7 Å². The largest absolute Gasteiger partial charge is 0.369 e. The molecule has 0 aliphatic heterocycles. The molecule has 1 rings (SSSR count). The van der Waals surface area contributed by atoms with Crippen molar-refractivity contribution >= 4 is 17.7 Å². The van der Waals surface area contributed by atoms with Crippen LogP contribution in [0.25, 0.3) is 0 Å². The average Bonchev–Trinajstić information content (AvgIpc) is 2.46. The third kappa shape index (κ3) is 2.59. The number of thioether (sulfide) groups is 1. The first-order valence-electron chi connectivity index (χ1n) is 4.07. The van der Waals surface area contributed by atoms with E-state index < -0.39 is 0 Å². The van der Waals surface area contributed by atoms with Gasteiger partial charge in [0.1, 0.15) is 5.82 Å². The van der Waals surface area contributed by atoms with Gasteiger partial charge in [0.05, 0.1) is 5.75 Å². The topological polar surface area (TPSA) is 73.8 Å². The van der Waals surface area contributed by atoms with Crippen LogP contribution in [0.5, 0.6) is 0 Å². The summed E-state index contributed by atoms with van der Waals surface area (Å²) in [4.78, 5) is 10.6. The van der Waals surface area contributed by atoms with Crippen LogP contribution in [0.3, 0.4) is 0 Å². The summed E-state index contributed by atoms with van der Waals surface area (Å²) in [5.41, 5.74) is 5.03. The zero-order valence-corrected chi connectivity index (χ0v) is 8.75. The second-order valence-corrected chi connectivity index (χ2v) is 3.63. The van der Waals surface area contributed by atoms with Crippen LogP contribution < -0.4 is 5.73 Å². The third-order valence-corrected chi connectivity index (χ3v) is 2.55. The third-order valence-electron chi connectivity index (χ3n) is 1.56. The molecule has 0 unspecified atom stereocenters. The van der Waals surface area contributed by atoms with Gasteiger partial charge in [-0.3, -0.25) is 4.79 Å². The van der Waals surface area contributed by atoms with Crippen molar-refractivity contribution in [3.63, 3.8) is 0 Å². The molecule has 76 valence electrons. The van der Waals surface area contributed by atoms with Crippen molar-refractivity contribution in [2.75, 3.05) is 5.75 Å². The molecule has 1 aromatic heterocycles. The minimum atomic E-state index is -0.360. The van der Waals surface area contributed by atoms with Gasteiger partial charge < -0.3 is 10.3 Å². The molecule has 6 heteroatoms. The second kappa shape index (κ2) is 4.80. The molecule has 0 aliphatic rings. The molecule has 0 aromatic carbocycles. The summed E-state index contributed by atoms with van der Waals surface area (Å²) in [6.45, 7) is 6.13. The van der Waals surface area contributed by atoms with Crippen LogP contribution in [-0.4, -0.2) is 26.4 Å². The van der Waals surface area contributed by atoms with E-state index in [-0.39, 0.29) is 11.7 Å². The van der Waals surface area contributed by atoms with Crippen molar-refractivity contribution in [2.24, 2.45) is 5.73 Å². The zero-order valence-electron chi connectivity index (χ0n) is 7.93. The predicted molar refractivity (Wildman–Crippen MR) is 54.9 cm³/mol. The minimum Gasteiger partial charge on any atom is -0.369 e. The Labute approximate surface area is 86.4 Å². The highest BCUT2D eigenvalue weighted by Crippen LogP contribution is 2.15. The van der Waals surface area contributed by atoms with E-state index in [4.69, 9.17) is 5.73 Å². The van der Waals surface area contributed by atoms with Gasteiger partial charge in [-0.05, 0) is 6.92 Å². The van der Waals surface area contributed by atoms with Crippen molar-refractivity contribution in [1.29, 1.82) is 0 Å². The molecule has 0 aliphatic carbocycles. The summed E-state index contributed by atoms with van der Waals surface area (Å²) in [6.07, 6.45) is 1.75. The number of aromatic nitrogens is 3. The van der Waals surface area contributed by atoms with E-state index in [1.807, 2.05) is 11.5 Å². The Balaban J connectivity index is 2.75. The van der Waals surface area contributed by atoms with Gasteiger partial charge in [-0.15, -0.1) is 16.8 Å². The molecule has 0 spiro atoms. The van der Waals surface area contributed by atoms with Gasteiger partial charge in [0.25, 0.3) is 0 Å². The molecule has 0 saturated carbocycles. The maximum Gasteiger partial charge on any atom is 0.227 e. The molecule has 0 bridgehead atoms. The molecule has 0 saturated heterocycles. The number of aryl methyl sites for hydroxylation is 1. The lowest BCUT2D eigenvalue weighted by atomic mass is 10.6. The number of amides is 1. The summed E-state index contributed by atoms with van der Waals surface area (Å²) >= 11 is 1.28. The molecule has 14 heavy (non-hydrogen) atoms. The van der Waals surface area contributed by atoms with E-state index >= 15 is 0 Å². The van der Waals surface area contributed by atoms with Crippen molar-refractivity contribution in [3.8, 4) is 0 Å². The number of nitrogens with zero attached hydrogens (tertiary/aromatic N) is 3. The first-order chi connectivity index (χ1) is 6.65. The van der Waals surface area contributed by atoms with Crippen molar-refractivity contribution in [1.82, 2.24) is 14.8 Å². The van der Waals surface area contributed by atoms with Crippen LogP contribution in [0.1, 0.15) is 5.82 Å². The number of nitrogens with two attached hydrogens (primary N) is 1. The van der Waals surface area contributed by atoms with Gasteiger partial charge in [0.2, 0.25) is 5.91 Å². The quantitative estimate of drug-likeness (QED) is 0.564. The molecule has 1 aromatic rings. The highest BCUT2D eigenvalue weighted by atomic mass is 32.2. The average molecular weight is 212 g/mol. The van der Waals surface area contributed by atoms with Gasteiger partial charge in [0, 0.05) is 6.54 Å². The Morgan fingerprint density at radius 2 is 2.43 bits per heavy atom. The predicted octanol–water partition coefficient (Wildman–Crippen LogP) is 0.350. The summed E-state index contributed by atoms with van der Waals surface area (Å²) in [5, 5.41) is 8.53. The van der Waals surface area contributed by atoms with Gasteiger partial charge in [-0.2, -0.15) is 0 Å². The number of primary amides is 1. The fraction of sp³-hybridized carbons (Fsp3) is 0.375. The number of allylic oxidation sites excluding steroid dienone is 1. The number of carbonyl (C=O) groups is 1. The first kappa shape index (κ1) is 10.8. The van der Waals surface area contributed by atoms with Gasteiger partial charge in [-0.1, -0.05) is 17.8 Å². The zero-order chi connectivity index (χ0) is 10.6. The Kier molecular flexibility index (Phi) is 3.70. The van der Waals surface area contributed by atoms with E-state index in [1.165, 1.54) is 11.8 Å². The van der Waals surface area contributed by atoms with E-state index in [1.54, 1.807) is 6.08 Å². The molecule has 0 fully saturated rings. The Bertz CT molecular complexity index is 347. The van der Waals surface area contributed by atoms with Crippen LogP contribution in [0.2, 0.25) is 0 Å². The molecule has 0 radical (unpaired) electrons. The lowest BCUT2D eigenvalue weighted by molar-refractivity contribution is -0.115.